The van der Waals surface area contributed by atoms with Crippen molar-refractivity contribution in [2.75, 3.05) is 32.8 Å². The molecular weight excluding hydrogens is 406 g/mol. The molecule has 0 N–H and O–H groups in total. The van der Waals surface area contributed by atoms with Crippen molar-refractivity contribution in [3.63, 3.8) is 0 Å². The van der Waals surface area contributed by atoms with E-state index in [2.05, 4.69) is 0 Å². The summed E-state index contributed by atoms with van der Waals surface area (Å²) in [5.41, 5.74) is -0.00683. The van der Waals surface area contributed by atoms with E-state index in [0.29, 0.717) is 25.1 Å². The predicted octanol–water partition coefficient (Wildman–Crippen LogP) is 1.47. The zero-order valence-corrected chi connectivity index (χ0v) is 18.0. The number of likely N-dealkylation sites (tertiary alicyclic amines) is 1. The van der Waals surface area contributed by atoms with Crippen molar-refractivity contribution >= 4 is 27.6 Å². The first kappa shape index (κ1) is 21.1. The lowest BCUT2D eigenvalue weighted by atomic mass is 9.85. The molecule has 2 aliphatic heterocycles. The van der Waals surface area contributed by atoms with Crippen molar-refractivity contribution in [2.24, 2.45) is 5.41 Å². The highest BCUT2D eigenvalue weighted by Crippen LogP contribution is 2.46. The summed E-state index contributed by atoms with van der Waals surface area (Å²) in [5, 5.41) is 0. The fourth-order valence-corrected chi connectivity index (χ4v) is 6.19. The van der Waals surface area contributed by atoms with Gasteiger partial charge in [0.1, 0.15) is 0 Å². The van der Waals surface area contributed by atoms with Gasteiger partial charge in [0.25, 0.3) is 0 Å². The molecule has 2 saturated heterocycles. The maximum absolute atomic E-state index is 12.9. The minimum atomic E-state index is -3.65. The number of hydrogen-bond donors (Lipinski definition) is 0. The first-order valence-electron chi connectivity index (χ1n) is 10.4. The molecule has 0 aromatic heterocycles. The van der Waals surface area contributed by atoms with Gasteiger partial charge in [0.05, 0.1) is 17.0 Å². The number of piperazine rings is 1. The summed E-state index contributed by atoms with van der Waals surface area (Å²) in [4.78, 5) is 40.2. The Labute approximate surface area is 176 Å². The SMILES string of the molecule is CC(=O)c1ccc(S(=O)(=O)N2CCN(CN3C(=O)CC4(CCCC4)C3=O)CC2)cc1. The van der Waals surface area contributed by atoms with Crippen LogP contribution in [0.4, 0.5) is 0 Å². The van der Waals surface area contributed by atoms with Crippen LogP contribution in [0.15, 0.2) is 29.2 Å². The fourth-order valence-electron chi connectivity index (χ4n) is 4.77. The van der Waals surface area contributed by atoms with E-state index in [0.717, 1.165) is 25.7 Å². The molecule has 2 heterocycles. The smallest absolute Gasteiger partial charge is 0.243 e. The fraction of sp³-hybridized carbons (Fsp3) is 0.571. The normalized spacial score (nSPS) is 22.9. The van der Waals surface area contributed by atoms with Crippen molar-refractivity contribution < 1.29 is 22.8 Å². The Bertz CT molecular complexity index is 959. The van der Waals surface area contributed by atoms with Gasteiger partial charge in [-0.15, -0.1) is 0 Å². The van der Waals surface area contributed by atoms with Gasteiger partial charge in [-0.3, -0.25) is 24.2 Å². The van der Waals surface area contributed by atoms with Gasteiger partial charge in [0, 0.05) is 38.2 Å². The van der Waals surface area contributed by atoms with Gasteiger partial charge >= 0.3 is 0 Å². The third-order valence-corrected chi connectivity index (χ3v) is 8.53. The summed E-state index contributed by atoms with van der Waals surface area (Å²) in [6.45, 7) is 3.16. The average Bonchev–Trinajstić information content (AvgIpc) is 3.29. The molecular formula is C21H27N3O5S. The molecule has 9 heteroatoms. The van der Waals surface area contributed by atoms with E-state index >= 15 is 0 Å². The molecule has 0 unspecified atom stereocenters. The van der Waals surface area contributed by atoms with Crippen LogP contribution >= 0.6 is 0 Å². The highest BCUT2D eigenvalue weighted by Gasteiger charge is 2.52. The number of hydrogen-bond acceptors (Lipinski definition) is 6. The molecule has 4 rings (SSSR count). The van der Waals surface area contributed by atoms with Crippen molar-refractivity contribution in [3.8, 4) is 0 Å². The van der Waals surface area contributed by atoms with Crippen LogP contribution in [-0.2, 0) is 19.6 Å². The molecule has 1 aromatic carbocycles. The highest BCUT2D eigenvalue weighted by atomic mass is 32.2. The quantitative estimate of drug-likeness (QED) is 0.516. The Hall–Kier alpha value is -2.10. The number of ketones is 1. The average molecular weight is 434 g/mol. The molecule has 1 aliphatic carbocycles. The predicted molar refractivity (Wildman–Crippen MR) is 109 cm³/mol. The van der Waals surface area contributed by atoms with E-state index < -0.39 is 15.4 Å². The minimum Gasteiger partial charge on any atom is -0.295 e. The zero-order chi connectivity index (χ0) is 21.5. The molecule has 162 valence electrons. The van der Waals surface area contributed by atoms with Gasteiger partial charge in [-0.1, -0.05) is 25.0 Å². The maximum atomic E-state index is 12.9. The third kappa shape index (κ3) is 3.70. The Morgan fingerprint density at radius 2 is 1.60 bits per heavy atom. The van der Waals surface area contributed by atoms with Crippen molar-refractivity contribution in [1.82, 2.24) is 14.1 Å². The molecule has 2 amide bonds. The standard InChI is InChI=1S/C21H27N3O5S/c1-16(25)17-4-6-18(7-5-17)30(28,29)23-12-10-22(11-13-23)15-24-19(26)14-21(20(24)27)8-2-3-9-21/h4-7H,2-3,8-15H2,1H3. The number of imide groups is 1. The number of Topliss-reactive ketones (excluding diaryl/α,β-unsaturated/α-hetero) is 1. The molecule has 1 aromatic rings. The van der Waals surface area contributed by atoms with Crippen LogP contribution in [0.5, 0.6) is 0 Å². The molecule has 3 aliphatic rings. The van der Waals surface area contributed by atoms with Crippen LogP contribution < -0.4 is 0 Å². The Morgan fingerprint density at radius 3 is 2.17 bits per heavy atom. The molecule has 8 nitrogen and oxygen atoms in total. The van der Waals surface area contributed by atoms with Gasteiger partial charge in [0.15, 0.2) is 5.78 Å². The monoisotopic (exact) mass is 433 g/mol. The highest BCUT2D eigenvalue weighted by molar-refractivity contribution is 7.89. The lowest BCUT2D eigenvalue weighted by Gasteiger charge is -2.35. The summed E-state index contributed by atoms with van der Waals surface area (Å²) < 4.78 is 27.2. The van der Waals surface area contributed by atoms with Crippen LogP contribution in [0.2, 0.25) is 0 Å². The Morgan fingerprint density at radius 1 is 1.00 bits per heavy atom. The molecule has 0 bridgehead atoms. The van der Waals surface area contributed by atoms with Crippen LogP contribution in [0.1, 0.15) is 49.4 Å². The summed E-state index contributed by atoms with van der Waals surface area (Å²) in [6, 6.07) is 5.96. The van der Waals surface area contributed by atoms with E-state index in [1.807, 2.05) is 4.90 Å². The summed E-state index contributed by atoms with van der Waals surface area (Å²) in [7, 11) is -3.65. The van der Waals surface area contributed by atoms with Crippen LogP contribution in [0, 0.1) is 5.41 Å². The summed E-state index contributed by atoms with van der Waals surface area (Å²) in [5.74, 6) is -0.272. The number of rotatable bonds is 5. The Kier molecular flexibility index (Phi) is 5.54. The van der Waals surface area contributed by atoms with Crippen LogP contribution in [0.3, 0.4) is 0 Å². The third-order valence-electron chi connectivity index (χ3n) is 6.62. The lowest BCUT2D eigenvalue weighted by Crippen LogP contribution is -2.52. The second-order valence-corrected chi connectivity index (χ2v) is 10.5. The zero-order valence-electron chi connectivity index (χ0n) is 17.2. The van der Waals surface area contributed by atoms with E-state index in [4.69, 9.17) is 0 Å². The summed E-state index contributed by atoms with van der Waals surface area (Å²) >= 11 is 0. The first-order chi connectivity index (χ1) is 14.2. The van der Waals surface area contributed by atoms with Crippen LogP contribution in [-0.4, -0.2) is 73.0 Å². The van der Waals surface area contributed by atoms with E-state index in [1.54, 1.807) is 0 Å². The van der Waals surface area contributed by atoms with E-state index in [-0.39, 0.29) is 42.3 Å². The van der Waals surface area contributed by atoms with Crippen molar-refractivity contribution in [1.29, 1.82) is 0 Å². The van der Waals surface area contributed by atoms with E-state index in [9.17, 15) is 22.8 Å². The van der Waals surface area contributed by atoms with Gasteiger partial charge in [-0.2, -0.15) is 4.31 Å². The van der Waals surface area contributed by atoms with E-state index in [1.165, 1.54) is 40.4 Å². The van der Waals surface area contributed by atoms with Gasteiger partial charge < -0.3 is 0 Å². The lowest BCUT2D eigenvalue weighted by molar-refractivity contribution is -0.144. The maximum Gasteiger partial charge on any atom is 0.243 e. The largest absolute Gasteiger partial charge is 0.295 e. The van der Waals surface area contributed by atoms with Gasteiger partial charge in [-0.05, 0) is 31.9 Å². The van der Waals surface area contributed by atoms with Crippen LogP contribution in [0.25, 0.3) is 0 Å². The first-order valence-corrected chi connectivity index (χ1v) is 11.9. The summed E-state index contributed by atoms with van der Waals surface area (Å²) in [6.07, 6.45) is 3.90. The number of amides is 2. The topological polar surface area (TPSA) is 95.1 Å². The van der Waals surface area contributed by atoms with Gasteiger partial charge in [0.2, 0.25) is 21.8 Å². The number of carbonyl (C=O) groups is 3. The number of carbonyl (C=O) groups excluding carboxylic acids is 3. The second-order valence-electron chi connectivity index (χ2n) is 8.54. The number of sulfonamides is 1. The molecule has 1 saturated carbocycles. The Balaban J connectivity index is 1.37. The molecule has 3 fully saturated rings. The van der Waals surface area contributed by atoms with Crippen molar-refractivity contribution in [3.05, 3.63) is 29.8 Å². The molecule has 0 atom stereocenters. The molecule has 30 heavy (non-hydrogen) atoms. The second kappa shape index (κ2) is 7.86. The number of nitrogens with zero attached hydrogens (tertiary/aromatic N) is 3. The minimum absolute atomic E-state index is 0.0504. The number of benzene rings is 1. The van der Waals surface area contributed by atoms with Gasteiger partial charge in [-0.25, -0.2) is 8.42 Å². The molecule has 0 radical (unpaired) electrons. The van der Waals surface area contributed by atoms with Crippen molar-refractivity contribution in [2.45, 2.75) is 43.9 Å². The molecule has 1 spiro atoms.